The molecule has 8 heteroatoms. The van der Waals surface area contributed by atoms with Gasteiger partial charge in [0.25, 0.3) is 0 Å². The van der Waals surface area contributed by atoms with E-state index in [9.17, 15) is 4.57 Å². The number of aliphatic hydroxyl groups is 1. The summed E-state index contributed by atoms with van der Waals surface area (Å²) in [5.74, 6) is 0. The first-order chi connectivity index (χ1) is 7.69. The molecule has 1 aliphatic heterocycles. The molecule has 0 radical (unpaired) electrons. The Labute approximate surface area is 100 Å². The highest BCUT2D eigenvalue weighted by Gasteiger charge is 2.39. The third-order valence-electron chi connectivity index (χ3n) is 2.24. The van der Waals surface area contributed by atoms with E-state index in [4.69, 9.17) is 23.8 Å². The van der Waals surface area contributed by atoms with E-state index in [0.717, 1.165) is 0 Å². The second-order valence-corrected chi connectivity index (χ2v) is 5.17. The van der Waals surface area contributed by atoms with E-state index < -0.39 is 19.4 Å². The fraction of sp³-hybridized carbons (Fsp3) is 1.00. The summed E-state index contributed by atoms with van der Waals surface area (Å²) in [4.78, 5) is 0. The number of ether oxygens (including phenoxy) is 3. The first-order valence-electron chi connectivity index (χ1n) is 4.91. The molecule has 96 valence electrons. The van der Waals surface area contributed by atoms with Gasteiger partial charge in [-0.3, -0.25) is 4.57 Å². The molecule has 0 bridgehead atoms. The summed E-state index contributed by atoms with van der Waals surface area (Å²) in [6, 6.07) is 0. The van der Waals surface area contributed by atoms with Gasteiger partial charge in [-0.25, -0.2) is 0 Å². The van der Waals surface area contributed by atoms with E-state index >= 15 is 0 Å². The van der Waals surface area contributed by atoms with Crippen LogP contribution in [0.5, 0.6) is 0 Å². The van der Waals surface area contributed by atoms with Crippen molar-refractivity contribution in [2.24, 2.45) is 0 Å². The van der Waals surface area contributed by atoms with Crippen molar-refractivity contribution in [3.63, 3.8) is 0 Å². The van der Waals surface area contributed by atoms with Crippen molar-refractivity contribution >= 4 is 19.5 Å². The SMILES string of the molecule is COCCO[C@H]1CO[C@H](CO)[C@H]1O[PH](=O)S. The zero-order valence-electron chi connectivity index (χ0n) is 9.00. The predicted octanol–water partition coefficient (Wildman–Crippen LogP) is 0.114. The summed E-state index contributed by atoms with van der Waals surface area (Å²) in [7, 11) is -0.805. The maximum atomic E-state index is 10.9. The molecular weight excluding hydrogens is 255 g/mol. The Morgan fingerprint density at radius 2 is 2.31 bits per heavy atom. The van der Waals surface area contributed by atoms with Gasteiger partial charge in [0.1, 0.15) is 18.3 Å². The van der Waals surface area contributed by atoms with E-state index in [1.807, 2.05) is 0 Å². The van der Waals surface area contributed by atoms with Crippen LogP contribution in [-0.2, 0) is 23.3 Å². The second kappa shape index (κ2) is 7.66. The van der Waals surface area contributed by atoms with E-state index in [1.54, 1.807) is 7.11 Å². The van der Waals surface area contributed by atoms with Crippen LogP contribution < -0.4 is 0 Å². The van der Waals surface area contributed by atoms with Crippen LogP contribution in [0.2, 0.25) is 0 Å². The van der Waals surface area contributed by atoms with Crippen LogP contribution >= 0.6 is 19.5 Å². The van der Waals surface area contributed by atoms with Gasteiger partial charge in [0, 0.05) is 7.11 Å². The fourth-order valence-electron chi connectivity index (χ4n) is 1.50. The van der Waals surface area contributed by atoms with Crippen LogP contribution in [0.25, 0.3) is 0 Å². The Morgan fingerprint density at radius 3 is 2.88 bits per heavy atom. The molecule has 1 saturated heterocycles. The molecule has 0 saturated carbocycles. The highest BCUT2D eigenvalue weighted by molar-refractivity contribution is 8.39. The molecule has 0 aromatic heterocycles. The van der Waals surface area contributed by atoms with Crippen LogP contribution in [0.4, 0.5) is 0 Å². The van der Waals surface area contributed by atoms with Crippen molar-refractivity contribution in [2.75, 3.05) is 33.5 Å². The number of hydrogen-bond acceptors (Lipinski definition) is 6. The van der Waals surface area contributed by atoms with Gasteiger partial charge in [-0.2, -0.15) is 0 Å². The summed E-state index contributed by atoms with van der Waals surface area (Å²) in [5.41, 5.74) is 0. The van der Waals surface area contributed by atoms with Crippen LogP contribution in [0.15, 0.2) is 0 Å². The van der Waals surface area contributed by atoms with Gasteiger partial charge >= 0.3 is 0 Å². The quantitative estimate of drug-likeness (QED) is 0.389. The van der Waals surface area contributed by atoms with E-state index in [1.165, 1.54) is 0 Å². The summed E-state index contributed by atoms with van der Waals surface area (Å²) in [6.45, 7) is 0.972. The lowest BCUT2D eigenvalue weighted by Gasteiger charge is -2.20. The molecule has 1 rings (SSSR count). The summed E-state index contributed by atoms with van der Waals surface area (Å²) in [6.07, 6.45) is -1.38. The van der Waals surface area contributed by atoms with Crippen LogP contribution in [0.1, 0.15) is 0 Å². The molecule has 1 unspecified atom stereocenters. The molecule has 0 aromatic rings. The molecule has 0 spiro atoms. The minimum absolute atomic E-state index is 0.197. The van der Waals surface area contributed by atoms with Crippen LogP contribution in [0, 0.1) is 0 Å². The standard InChI is InChI=1S/C8H17O6PS/c1-11-2-3-12-7-5-13-6(4-9)8(7)14-15(10)16/h6-9,15H,2-5H2,1H3,(H,10,16)/t6-,7+,8-/m1/s1. The molecule has 1 fully saturated rings. The largest absolute Gasteiger partial charge is 0.394 e. The van der Waals surface area contributed by atoms with Gasteiger partial charge in [0.2, 0.25) is 7.23 Å². The minimum atomic E-state index is -2.38. The Kier molecular flexibility index (Phi) is 6.91. The average Bonchev–Trinajstić information content (AvgIpc) is 2.61. The van der Waals surface area contributed by atoms with Gasteiger partial charge in [-0.05, 0) is 0 Å². The number of aliphatic hydroxyl groups excluding tert-OH is 1. The Hall–Kier alpha value is 0.380. The average molecular weight is 272 g/mol. The van der Waals surface area contributed by atoms with Crippen molar-refractivity contribution in [3.05, 3.63) is 0 Å². The molecular formula is C8H17O6PS. The summed E-state index contributed by atoms with van der Waals surface area (Å²) >= 11 is 3.71. The molecule has 1 aliphatic rings. The second-order valence-electron chi connectivity index (χ2n) is 3.30. The lowest BCUT2D eigenvalue weighted by atomic mass is 10.1. The smallest absolute Gasteiger partial charge is 0.243 e. The number of rotatable bonds is 7. The van der Waals surface area contributed by atoms with E-state index in [0.29, 0.717) is 19.8 Å². The van der Waals surface area contributed by atoms with Crippen molar-refractivity contribution in [3.8, 4) is 0 Å². The molecule has 1 N–H and O–H groups in total. The summed E-state index contributed by atoms with van der Waals surface area (Å²) in [5, 5.41) is 9.04. The van der Waals surface area contributed by atoms with Gasteiger partial charge in [0.15, 0.2) is 0 Å². The van der Waals surface area contributed by atoms with E-state index in [-0.39, 0.29) is 12.7 Å². The third-order valence-corrected chi connectivity index (χ3v) is 3.03. The number of hydrogen-bond donors (Lipinski definition) is 2. The normalized spacial score (nSPS) is 31.8. The Balaban J connectivity index is 2.44. The first-order valence-corrected chi connectivity index (χ1v) is 7.52. The lowest BCUT2D eigenvalue weighted by molar-refractivity contribution is -0.0252. The van der Waals surface area contributed by atoms with Crippen LogP contribution in [0.3, 0.4) is 0 Å². The molecule has 0 aliphatic carbocycles. The van der Waals surface area contributed by atoms with Crippen LogP contribution in [-0.4, -0.2) is 57.0 Å². The zero-order valence-corrected chi connectivity index (χ0v) is 10.9. The van der Waals surface area contributed by atoms with Crippen molar-refractivity contribution in [1.82, 2.24) is 0 Å². The summed E-state index contributed by atoms with van der Waals surface area (Å²) < 4.78 is 31.6. The third kappa shape index (κ3) is 4.33. The fourth-order valence-corrected chi connectivity index (χ4v) is 2.40. The molecule has 4 atom stereocenters. The van der Waals surface area contributed by atoms with Gasteiger partial charge < -0.3 is 23.8 Å². The topological polar surface area (TPSA) is 74.2 Å². The monoisotopic (exact) mass is 272 g/mol. The highest BCUT2D eigenvalue weighted by atomic mass is 32.7. The zero-order chi connectivity index (χ0) is 12.0. The van der Waals surface area contributed by atoms with Gasteiger partial charge in [-0.1, -0.05) is 12.2 Å². The Bertz CT molecular complexity index is 229. The first kappa shape index (κ1) is 14.4. The predicted molar refractivity (Wildman–Crippen MR) is 61.3 cm³/mol. The lowest BCUT2D eigenvalue weighted by Crippen LogP contribution is -2.35. The molecule has 1 heterocycles. The number of thiol groups is 1. The molecule has 16 heavy (non-hydrogen) atoms. The maximum absolute atomic E-state index is 10.9. The van der Waals surface area contributed by atoms with Crippen molar-refractivity contribution in [1.29, 1.82) is 0 Å². The molecule has 0 aromatic carbocycles. The van der Waals surface area contributed by atoms with Gasteiger partial charge in [-0.15, -0.1) is 0 Å². The van der Waals surface area contributed by atoms with Gasteiger partial charge in [0.05, 0.1) is 26.4 Å². The minimum Gasteiger partial charge on any atom is -0.394 e. The molecule has 0 amide bonds. The molecule has 6 nitrogen and oxygen atoms in total. The van der Waals surface area contributed by atoms with E-state index in [2.05, 4.69) is 12.2 Å². The van der Waals surface area contributed by atoms with Crippen molar-refractivity contribution < 1.29 is 28.4 Å². The highest BCUT2D eigenvalue weighted by Crippen LogP contribution is 2.34. The Morgan fingerprint density at radius 1 is 1.56 bits per heavy atom. The maximum Gasteiger partial charge on any atom is 0.243 e. The number of methoxy groups -OCH3 is 1. The van der Waals surface area contributed by atoms with Crippen molar-refractivity contribution in [2.45, 2.75) is 18.3 Å².